The van der Waals surface area contributed by atoms with Gasteiger partial charge in [0.05, 0.1) is 5.92 Å². The molecule has 3 N–H and O–H groups in total. The molecule has 3 aliphatic carbocycles. The van der Waals surface area contributed by atoms with E-state index in [2.05, 4.69) is 0 Å². The Bertz CT molecular complexity index is 510. The predicted octanol–water partition coefficient (Wildman–Crippen LogP) is 1.52. The van der Waals surface area contributed by atoms with Crippen LogP contribution in [0.1, 0.15) is 32.6 Å². The van der Waals surface area contributed by atoms with E-state index in [1.165, 1.54) is 0 Å². The first-order chi connectivity index (χ1) is 9.36. The number of hydrogen-bond donors (Lipinski definition) is 3. The number of carboxylic acid groups (broad SMARTS) is 2. The van der Waals surface area contributed by atoms with Gasteiger partial charge in [-0.1, -0.05) is 13.0 Å². The summed E-state index contributed by atoms with van der Waals surface area (Å²) in [5.74, 6) is -2.25. The minimum Gasteiger partial charge on any atom is -0.481 e. The summed E-state index contributed by atoms with van der Waals surface area (Å²) in [7, 11) is 0. The number of aliphatic hydroxyl groups is 1. The molecule has 20 heavy (non-hydrogen) atoms. The fourth-order valence-corrected chi connectivity index (χ4v) is 5.38. The smallest absolute Gasteiger partial charge is 0.331 e. The van der Waals surface area contributed by atoms with E-state index < -0.39 is 23.3 Å². The molecule has 2 saturated carbocycles. The lowest BCUT2D eigenvalue weighted by Gasteiger charge is -2.36. The number of carbonyl (C=O) groups is 2. The number of aliphatic hydroxyl groups excluding tert-OH is 1. The zero-order valence-corrected chi connectivity index (χ0v) is 11.5. The molecule has 0 aliphatic heterocycles. The molecule has 0 saturated heterocycles. The normalized spacial score (nSPS) is 45.9. The molecule has 110 valence electrons. The average molecular weight is 280 g/mol. The molecular formula is C15H20O5. The molecular weight excluding hydrogens is 260 g/mol. The van der Waals surface area contributed by atoms with Gasteiger partial charge in [0.1, 0.15) is 0 Å². The summed E-state index contributed by atoms with van der Waals surface area (Å²) < 4.78 is 0. The third-order valence-electron chi connectivity index (χ3n) is 6.27. The zero-order chi connectivity index (χ0) is 14.7. The van der Waals surface area contributed by atoms with Crippen molar-refractivity contribution >= 4 is 11.9 Å². The Morgan fingerprint density at radius 1 is 1.35 bits per heavy atom. The van der Waals surface area contributed by atoms with Crippen molar-refractivity contribution in [2.24, 2.45) is 28.6 Å². The highest BCUT2D eigenvalue weighted by Gasteiger charge is 2.68. The second kappa shape index (κ2) is 4.07. The number of hydrogen-bond acceptors (Lipinski definition) is 3. The van der Waals surface area contributed by atoms with Crippen LogP contribution in [0.25, 0.3) is 0 Å². The van der Waals surface area contributed by atoms with Gasteiger partial charge in [-0.05, 0) is 42.9 Å². The van der Waals surface area contributed by atoms with Crippen LogP contribution in [0.4, 0.5) is 0 Å². The summed E-state index contributed by atoms with van der Waals surface area (Å²) in [5.41, 5.74) is -0.497. The highest BCUT2D eigenvalue weighted by atomic mass is 16.4. The van der Waals surface area contributed by atoms with Crippen molar-refractivity contribution in [1.82, 2.24) is 0 Å². The van der Waals surface area contributed by atoms with Crippen LogP contribution < -0.4 is 0 Å². The van der Waals surface area contributed by atoms with Gasteiger partial charge in [0, 0.05) is 17.6 Å². The van der Waals surface area contributed by atoms with Gasteiger partial charge in [0.15, 0.2) is 0 Å². The van der Waals surface area contributed by atoms with E-state index in [1.54, 1.807) is 6.08 Å². The van der Waals surface area contributed by atoms with Crippen LogP contribution in [0.15, 0.2) is 11.6 Å². The standard InChI is InChI=1S/C15H20O5/c1-14(7-16)10-6-15(5-4-8(10)12(17)18)9(13(19)20)2-3-11(14)15/h4,9-11,16H,2-3,5-7H2,1H3,(H,17,18)(H,19,20). The highest BCUT2D eigenvalue weighted by Crippen LogP contribution is 2.71. The van der Waals surface area contributed by atoms with Gasteiger partial charge in [0.2, 0.25) is 0 Å². The van der Waals surface area contributed by atoms with Crippen molar-refractivity contribution in [3.63, 3.8) is 0 Å². The molecule has 1 spiro atoms. The molecule has 5 atom stereocenters. The molecule has 0 aromatic heterocycles. The maximum Gasteiger partial charge on any atom is 0.331 e. The van der Waals surface area contributed by atoms with Gasteiger partial charge in [-0.3, -0.25) is 4.79 Å². The fourth-order valence-electron chi connectivity index (χ4n) is 5.38. The van der Waals surface area contributed by atoms with E-state index >= 15 is 0 Å². The average Bonchev–Trinajstić information content (AvgIpc) is 2.83. The van der Waals surface area contributed by atoms with E-state index in [-0.39, 0.29) is 23.9 Å². The SMILES string of the molecule is CC1(CO)C2CC3(CC=C2C(=O)O)C(C(=O)O)CCC13. The maximum absolute atomic E-state index is 11.6. The van der Waals surface area contributed by atoms with E-state index in [0.29, 0.717) is 24.8 Å². The van der Waals surface area contributed by atoms with Crippen LogP contribution in [0.2, 0.25) is 0 Å². The van der Waals surface area contributed by atoms with Crippen LogP contribution >= 0.6 is 0 Å². The van der Waals surface area contributed by atoms with Crippen molar-refractivity contribution in [2.45, 2.75) is 32.6 Å². The number of rotatable bonds is 3. The third-order valence-corrected chi connectivity index (χ3v) is 6.27. The van der Waals surface area contributed by atoms with Crippen molar-refractivity contribution < 1.29 is 24.9 Å². The lowest BCUT2D eigenvalue weighted by Crippen LogP contribution is -2.37. The minimum absolute atomic E-state index is 0.0823. The largest absolute Gasteiger partial charge is 0.481 e. The highest BCUT2D eigenvalue weighted by molar-refractivity contribution is 5.88. The fraction of sp³-hybridized carbons (Fsp3) is 0.733. The van der Waals surface area contributed by atoms with Gasteiger partial charge in [0.25, 0.3) is 0 Å². The number of aliphatic carboxylic acids is 2. The minimum atomic E-state index is -0.934. The Hall–Kier alpha value is -1.36. The monoisotopic (exact) mass is 280 g/mol. The molecule has 5 unspecified atom stereocenters. The Morgan fingerprint density at radius 2 is 2.05 bits per heavy atom. The summed E-state index contributed by atoms with van der Waals surface area (Å²) in [5, 5.41) is 28.7. The Morgan fingerprint density at radius 3 is 2.60 bits per heavy atom. The third kappa shape index (κ3) is 1.41. The van der Waals surface area contributed by atoms with Crippen LogP contribution in [-0.4, -0.2) is 33.9 Å². The topological polar surface area (TPSA) is 94.8 Å². The lowest BCUT2D eigenvalue weighted by molar-refractivity contribution is -0.146. The first-order valence-electron chi connectivity index (χ1n) is 7.14. The van der Waals surface area contributed by atoms with Gasteiger partial charge >= 0.3 is 11.9 Å². The Balaban J connectivity index is 2.10. The van der Waals surface area contributed by atoms with Crippen molar-refractivity contribution in [3.05, 3.63) is 11.6 Å². The quantitative estimate of drug-likeness (QED) is 0.728. The van der Waals surface area contributed by atoms with Crippen LogP contribution in [-0.2, 0) is 9.59 Å². The molecule has 0 radical (unpaired) electrons. The Kier molecular flexibility index (Phi) is 2.77. The van der Waals surface area contributed by atoms with Gasteiger partial charge in [-0.25, -0.2) is 4.79 Å². The molecule has 5 heteroatoms. The van der Waals surface area contributed by atoms with E-state index in [4.69, 9.17) is 0 Å². The second-order valence-corrected chi connectivity index (χ2v) is 6.84. The summed E-state index contributed by atoms with van der Waals surface area (Å²) in [6.45, 7) is 1.84. The molecule has 0 heterocycles. The van der Waals surface area contributed by atoms with Crippen molar-refractivity contribution in [3.8, 4) is 0 Å². The molecule has 5 nitrogen and oxygen atoms in total. The number of carboxylic acids is 2. The van der Waals surface area contributed by atoms with Crippen LogP contribution in [0, 0.1) is 28.6 Å². The van der Waals surface area contributed by atoms with E-state index in [1.807, 2.05) is 6.92 Å². The first-order valence-corrected chi connectivity index (χ1v) is 7.14. The van der Waals surface area contributed by atoms with Gasteiger partial charge < -0.3 is 15.3 Å². The Labute approximate surface area is 117 Å². The number of allylic oxidation sites excluding steroid dienone is 1. The number of fused-ring (bicyclic) bond motifs is 1. The van der Waals surface area contributed by atoms with Crippen LogP contribution in [0.5, 0.6) is 0 Å². The van der Waals surface area contributed by atoms with E-state index in [9.17, 15) is 24.9 Å². The predicted molar refractivity (Wildman–Crippen MR) is 69.9 cm³/mol. The van der Waals surface area contributed by atoms with Gasteiger partial charge in [-0.15, -0.1) is 0 Å². The first kappa shape index (κ1) is 13.6. The maximum atomic E-state index is 11.6. The summed E-state index contributed by atoms with van der Waals surface area (Å²) in [6, 6.07) is 0. The zero-order valence-electron chi connectivity index (χ0n) is 11.5. The van der Waals surface area contributed by atoms with Crippen molar-refractivity contribution in [2.75, 3.05) is 6.61 Å². The summed E-state index contributed by atoms with van der Waals surface area (Å²) in [4.78, 5) is 23.0. The summed E-state index contributed by atoms with van der Waals surface area (Å²) in [6.07, 6.45) is 4.22. The van der Waals surface area contributed by atoms with Crippen LogP contribution in [0.3, 0.4) is 0 Å². The summed E-state index contributed by atoms with van der Waals surface area (Å²) >= 11 is 0. The molecule has 2 bridgehead atoms. The lowest BCUT2D eigenvalue weighted by atomic mass is 9.67. The second-order valence-electron chi connectivity index (χ2n) is 6.84. The molecule has 0 amide bonds. The molecule has 0 aromatic rings. The van der Waals surface area contributed by atoms with Gasteiger partial charge in [-0.2, -0.15) is 0 Å². The molecule has 2 fully saturated rings. The molecule has 3 aliphatic rings. The van der Waals surface area contributed by atoms with Crippen molar-refractivity contribution in [1.29, 1.82) is 0 Å². The van der Waals surface area contributed by atoms with E-state index in [0.717, 1.165) is 6.42 Å². The molecule has 3 rings (SSSR count). The molecule has 0 aromatic carbocycles.